The fraction of sp³-hybridized carbons (Fsp3) is 0.0222. The molecule has 2 aromatic heterocycles. The third kappa shape index (κ3) is 5.85. The summed E-state index contributed by atoms with van der Waals surface area (Å²) in [6.45, 7) is 2.06. The number of hydrogen-bond acceptors (Lipinski definition) is 2. The highest BCUT2D eigenvalue weighted by atomic mass is 14.7. The molecule has 8 aromatic rings. The molecule has 8 rings (SSSR count). The molecule has 0 N–H and O–H groups in total. The zero-order chi connectivity index (χ0) is 31.6. The second-order valence-corrected chi connectivity index (χ2v) is 12.0. The first-order chi connectivity index (χ1) is 23.2. The molecule has 0 saturated carbocycles. The number of benzene rings is 6. The maximum atomic E-state index is 5.14. The molecular formula is C45H32N2. The van der Waals surface area contributed by atoms with E-state index in [1.54, 1.807) is 0 Å². The lowest BCUT2D eigenvalue weighted by atomic mass is 9.90. The van der Waals surface area contributed by atoms with Gasteiger partial charge in [0.25, 0.3) is 0 Å². The Labute approximate surface area is 275 Å². The predicted molar refractivity (Wildman–Crippen MR) is 197 cm³/mol. The zero-order valence-corrected chi connectivity index (χ0v) is 26.1. The topological polar surface area (TPSA) is 25.8 Å². The number of rotatable bonds is 6. The molecule has 0 radical (unpaired) electrons. The molecule has 0 aliphatic rings. The van der Waals surface area contributed by atoms with E-state index in [0.717, 1.165) is 61.6 Å². The average Bonchev–Trinajstić information content (AvgIpc) is 3.15. The van der Waals surface area contributed by atoms with Crippen molar-refractivity contribution in [1.82, 2.24) is 9.97 Å². The molecule has 0 unspecified atom stereocenters. The standard InChI is InChI=1S/C45H32N2/c1-31-19-24-43(46-30-31)36-22-20-32(21-23-36)37-25-38(27-40(26-37)42-18-10-16-33-11-8-9-17-41(33)42)39-28-44(34-12-4-2-5-13-34)47-45(29-39)35-14-6-3-7-15-35/h2-30H,1H3. The summed E-state index contributed by atoms with van der Waals surface area (Å²) in [5, 5.41) is 2.47. The largest absolute Gasteiger partial charge is 0.256 e. The van der Waals surface area contributed by atoms with Gasteiger partial charge in [-0.3, -0.25) is 4.98 Å². The Hall–Kier alpha value is -6.12. The molecule has 2 nitrogen and oxygen atoms in total. The number of hydrogen-bond donors (Lipinski definition) is 0. The summed E-state index contributed by atoms with van der Waals surface area (Å²) < 4.78 is 0. The lowest BCUT2D eigenvalue weighted by Crippen LogP contribution is -1.92. The third-order valence-electron chi connectivity index (χ3n) is 8.76. The van der Waals surface area contributed by atoms with Crippen molar-refractivity contribution in [3.05, 3.63) is 182 Å². The van der Waals surface area contributed by atoms with Crippen molar-refractivity contribution < 1.29 is 0 Å². The number of aryl methyl sites for hydroxylation is 1. The first kappa shape index (κ1) is 28.4. The van der Waals surface area contributed by atoms with Gasteiger partial charge in [0.05, 0.1) is 17.1 Å². The average molecular weight is 601 g/mol. The number of nitrogens with zero attached hydrogens (tertiary/aromatic N) is 2. The van der Waals surface area contributed by atoms with Gasteiger partial charge in [0.1, 0.15) is 0 Å². The first-order valence-corrected chi connectivity index (χ1v) is 16.0. The van der Waals surface area contributed by atoms with Crippen molar-refractivity contribution >= 4 is 10.8 Å². The van der Waals surface area contributed by atoms with Gasteiger partial charge in [0.15, 0.2) is 0 Å². The molecule has 0 aliphatic carbocycles. The van der Waals surface area contributed by atoms with Gasteiger partial charge in [-0.25, -0.2) is 4.98 Å². The minimum atomic E-state index is 0.953. The van der Waals surface area contributed by atoms with Crippen LogP contribution in [0.3, 0.4) is 0 Å². The van der Waals surface area contributed by atoms with Crippen LogP contribution in [0.25, 0.3) is 77.9 Å². The Kier molecular flexibility index (Phi) is 7.45. The normalized spacial score (nSPS) is 11.1. The van der Waals surface area contributed by atoms with Gasteiger partial charge in [0.2, 0.25) is 0 Å². The van der Waals surface area contributed by atoms with Crippen LogP contribution in [0.4, 0.5) is 0 Å². The Balaban J connectivity index is 1.33. The van der Waals surface area contributed by atoms with E-state index in [1.165, 1.54) is 21.9 Å². The van der Waals surface area contributed by atoms with Crippen LogP contribution in [0.2, 0.25) is 0 Å². The van der Waals surface area contributed by atoms with E-state index < -0.39 is 0 Å². The second kappa shape index (κ2) is 12.3. The zero-order valence-electron chi connectivity index (χ0n) is 26.1. The van der Waals surface area contributed by atoms with Gasteiger partial charge in [-0.05, 0) is 93.0 Å². The summed E-state index contributed by atoms with van der Waals surface area (Å²) in [5.41, 5.74) is 14.3. The van der Waals surface area contributed by atoms with Crippen LogP contribution in [0.5, 0.6) is 0 Å². The molecule has 0 spiro atoms. The maximum absolute atomic E-state index is 5.14. The van der Waals surface area contributed by atoms with Crippen molar-refractivity contribution in [3.8, 4) is 67.2 Å². The molecular weight excluding hydrogens is 569 g/mol. The van der Waals surface area contributed by atoms with Gasteiger partial charge < -0.3 is 0 Å². The molecule has 0 atom stereocenters. The van der Waals surface area contributed by atoms with E-state index in [1.807, 2.05) is 18.3 Å². The van der Waals surface area contributed by atoms with Gasteiger partial charge in [0, 0.05) is 22.9 Å². The molecule has 47 heavy (non-hydrogen) atoms. The molecule has 0 amide bonds. The van der Waals surface area contributed by atoms with Crippen LogP contribution >= 0.6 is 0 Å². The SMILES string of the molecule is Cc1ccc(-c2ccc(-c3cc(-c4cc(-c5ccccc5)nc(-c5ccccc5)c4)cc(-c4cccc5ccccc45)c3)cc2)nc1. The van der Waals surface area contributed by atoms with Crippen LogP contribution in [0.15, 0.2) is 176 Å². The number of fused-ring (bicyclic) bond motifs is 1. The van der Waals surface area contributed by atoms with Crippen molar-refractivity contribution in [2.45, 2.75) is 6.92 Å². The Bertz CT molecular complexity index is 2260. The van der Waals surface area contributed by atoms with E-state index in [4.69, 9.17) is 4.98 Å². The molecule has 0 fully saturated rings. The maximum Gasteiger partial charge on any atom is 0.0715 e. The molecule has 6 aromatic carbocycles. The highest BCUT2D eigenvalue weighted by molar-refractivity contribution is 5.98. The van der Waals surface area contributed by atoms with Crippen LogP contribution in [0.1, 0.15) is 5.56 Å². The quantitative estimate of drug-likeness (QED) is 0.190. The number of aromatic nitrogens is 2. The van der Waals surface area contributed by atoms with Crippen LogP contribution in [-0.4, -0.2) is 9.97 Å². The van der Waals surface area contributed by atoms with Crippen molar-refractivity contribution in [1.29, 1.82) is 0 Å². The molecule has 2 heterocycles. The predicted octanol–water partition coefficient (Wildman–Crippen LogP) is 11.9. The lowest BCUT2D eigenvalue weighted by Gasteiger charge is -2.15. The Morgan fingerprint density at radius 2 is 0.894 bits per heavy atom. The molecule has 2 heteroatoms. The summed E-state index contributed by atoms with van der Waals surface area (Å²) in [6.07, 6.45) is 1.92. The highest BCUT2D eigenvalue weighted by Gasteiger charge is 2.14. The van der Waals surface area contributed by atoms with E-state index in [0.29, 0.717) is 0 Å². The van der Waals surface area contributed by atoms with Crippen LogP contribution < -0.4 is 0 Å². The smallest absolute Gasteiger partial charge is 0.0715 e. The van der Waals surface area contributed by atoms with Crippen LogP contribution in [-0.2, 0) is 0 Å². The summed E-state index contributed by atoms with van der Waals surface area (Å²) in [4.78, 5) is 9.79. The van der Waals surface area contributed by atoms with Gasteiger partial charge in [-0.2, -0.15) is 0 Å². The van der Waals surface area contributed by atoms with Crippen molar-refractivity contribution in [2.75, 3.05) is 0 Å². The second-order valence-electron chi connectivity index (χ2n) is 12.0. The molecule has 0 saturated heterocycles. The Morgan fingerprint density at radius 3 is 1.55 bits per heavy atom. The molecule has 0 aliphatic heterocycles. The fourth-order valence-corrected chi connectivity index (χ4v) is 6.28. The van der Waals surface area contributed by atoms with E-state index in [-0.39, 0.29) is 0 Å². The molecule has 222 valence electrons. The minimum absolute atomic E-state index is 0.953. The monoisotopic (exact) mass is 600 g/mol. The summed E-state index contributed by atoms with van der Waals surface area (Å²) in [7, 11) is 0. The van der Waals surface area contributed by atoms with Gasteiger partial charge >= 0.3 is 0 Å². The first-order valence-electron chi connectivity index (χ1n) is 16.0. The summed E-state index contributed by atoms with van der Waals surface area (Å²) >= 11 is 0. The third-order valence-corrected chi connectivity index (χ3v) is 8.76. The van der Waals surface area contributed by atoms with Crippen molar-refractivity contribution in [3.63, 3.8) is 0 Å². The molecule has 0 bridgehead atoms. The Morgan fingerprint density at radius 1 is 0.362 bits per heavy atom. The van der Waals surface area contributed by atoms with E-state index in [2.05, 4.69) is 170 Å². The minimum Gasteiger partial charge on any atom is -0.256 e. The lowest BCUT2D eigenvalue weighted by molar-refractivity contribution is 1.27. The highest BCUT2D eigenvalue weighted by Crippen LogP contribution is 2.38. The van der Waals surface area contributed by atoms with Gasteiger partial charge in [-0.15, -0.1) is 0 Å². The fourth-order valence-electron chi connectivity index (χ4n) is 6.28. The summed E-state index contributed by atoms with van der Waals surface area (Å²) in [5.74, 6) is 0. The number of pyridine rings is 2. The van der Waals surface area contributed by atoms with Crippen LogP contribution in [0, 0.1) is 6.92 Å². The summed E-state index contributed by atoms with van der Waals surface area (Å²) in [6, 6.07) is 60.4. The van der Waals surface area contributed by atoms with Gasteiger partial charge in [-0.1, -0.05) is 133 Å². The van der Waals surface area contributed by atoms with E-state index >= 15 is 0 Å². The van der Waals surface area contributed by atoms with E-state index in [9.17, 15) is 0 Å². The van der Waals surface area contributed by atoms with Crippen molar-refractivity contribution in [2.24, 2.45) is 0 Å².